The second kappa shape index (κ2) is 19.2. The summed E-state index contributed by atoms with van der Waals surface area (Å²) in [4.78, 5) is 34.4. The van der Waals surface area contributed by atoms with E-state index in [1.807, 2.05) is 0 Å². The summed E-state index contributed by atoms with van der Waals surface area (Å²) in [5.41, 5.74) is 24.1. The van der Waals surface area contributed by atoms with E-state index in [1.54, 1.807) is 30.3 Å². The first-order valence-electron chi connectivity index (χ1n) is 16.8. The molecule has 14 N–H and O–H groups in total. The standard InChI is InChI=1S/C36H34Br4N10O8/c37-19-5-15-1-3-45-34(54)26(50-56)12-18-10-24(48-36(43)44)30(52)28(14-18)58-32-21(39)7-17(8-22(32)40)11-25(49-55)33(53)46-4-2-16-9-23(47-35(41)42)29(51)27(13-16)57-31(19)20(38)6-15/h5-10,13-14,51-52,55-56H,1-4,11-12H2,(H,45,54)(H,46,53)(H4,41,42,47)(H4,43,44,48)/b49-25+,50-26+. The van der Waals surface area contributed by atoms with Crippen molar-refractivity contribution in [3.05, 3.63) is 88.7 Å². The lowest BCUT2D eigenvalue weighted by atomic mass is 10.1. The molecule has 0 spiro atoms. The Morgan fingerprint density at radius 3 is 1.31 bits per heavy atom. The van der Waals surface area contributed by atoms with E-state index in [9.17, 15) is 30.2 Å². The minimum Gasteiger partial charge on any atom is -0.503 e. The smallest absolute Gasteiger partial charge is 0.269 e. The lowest BCUT2D eigenvalue weighted by molar-refractivity contribution is -0.115. The van der Waals surface area contributed by atoms with Gasteiger partial charge in [0.05, 0.1) is 17.9 Å². The molecule has 0 aliphatic carbocycles. The fraction of sp³-hybridized carbons (Fsp3) is 0.167. The van der Waals surface area contributed by atoms with E-state index in [1.165, 1.54) is 18.2 Å². The molecule has 4 aromatic carbocycles. The topological polar surface area (TPSA) is 311 Å². The number of carbonyl (C=O) groups excluding carboxylic acids is 2. The molecule has 0 radical (unpaired) electrons. The molecule has 4 aliphatic rings. The number of nitrogens with two attached hydrogens (primary N) is 4. The third-order valence-corrected chi connectivity index (χ3v) is 10.5. The Balaban J connectivity index is 1.55. The van der Waals surface area contributed by atoms with Gasteiger partial charge in [-0.2, -0.15) is 0 Å². The van der Waals surface area contributed by atoms with Gasteiger partial charge in [0.1, 0.15) is 22.8 Å². The van der Waals surface area contributed by atoms with Crippen molar-refractivity contribution in [2.24, 2.45) is 43.2 Å². The highest BCUT2D eigenvalue weighted by atomic mass is 79.9. The van der Waals surface area contributed by atoms with Crippen molar-refractivity contribution in [1.29, 1.82) is 0 Å². The zero-order valence-electron chi connectivity index (χ0n) is 29.9. The van der Waals surface area contributed by atoms with Crippen molar-refractivity contribution in [2.75, 3.05) is 13.1 Å². The van der Waals surface area contributed by atoms with Crippen LogP contribution in [0.5, 0.6) is 34.5 Å². The number of nitrogens with zero attached hydrogens (tertiary/aromatic N) is 4. The van der Waals surface area contributed by atoms with E-state index in [-0.39, 0.29) is 90.1 Å². The van der Waals surface area contributed by atoms with Gasteiger partial charge in [-0.1, -0.05) is 10.3 Å². The van der Waals surface area contributed by atoms with Crippen LogP contribution in [0.3, 0.4) is 0 Å². The van der Waals surface area contributed by atoms with Crippen LogP contribution in [0.2, 0.25) is 0 Å². The van der Waals surface area contributed by atoms with Crippen molar-refractivity contribution in [2.45, 2.75) is 25.7 Å². The summed E-state index contributed by atoms with van der Waals surface area (Å²) in [6, 6.07) is 12.6. The molecule has 4 aromatic rings. The van der Waals surface area contributed by atoms with Gasteiger partial charge in [-0.3, -0.25) is 9.59 Å². The molecule has 0 saturated carbocycles. The molecule has 0 unspecified atom stereocenters. The van der Waals surface area contributed by atoms with Crippen molar-refractivity contribution in [1.82, 2.24) is 10.6 Å². The molecule has 0 saturated heterocycles. The van der Waals surface area contributed by atoms with Gasteiger partial charge in [0.2, 0.25) is 0 Å². The highest BCUT2D eigenvalue weighted by Gasteiger charge is 2.22. The quantitative estimate of drug-likeness (QED) is 0.0528. The summed E-state index contributed by atoms with van der Waals surface area (Å²) < 4.78 is 14.0. The fourth-order valence-electron chi connectivity index (χ4n) is 5.59. The van der Waals surface area contributed by atoms with Gasteiger partial charge >= 0.3 is 0 Å². The minimum absolute atomic E-state index is 0.00146. The molecule has 4 aliphatic heterocycles. The van der Waals surface area contributed by atoms with E-state index < -0.39 is 17.6 Å². The molecule has 8 rings (SSSR count). The maximum absolute atomic E-state index is 13.2. The molecule has 22 heteroatoms. The maximum Gasteiger partial charge on any atom is 0.269 e. The number of ether oxygens (including phenoxy) is 2. The van der Waals surface area contributed by atoms with Crippen molar-refractivity contribution < 1.29 is 39.7 Å². The molecule has 18 nitrogen and oxygen atoms in total. The number of amides is 2. The fourth-order valence-corrected chi connectivity index (χ4v) is 8.47. The summed E-state index contributed by atoms with van der Waals surface area (Å²) >= 11 is 13.9. The highest BCUT2D eigenvalue weighted by molar-refractivity contribution is 9.11. The van der Waals surface area contributed by atoms with Crippen molar-refractivity contribution in [3.63, 3.8) is 0 Å². The lowest BCUT2D eigenvalue weighted by Crippen LogP contribution is -2.33. The Morgan fingerprint density at radius 2 is 0.914 bits per heavy atom. The summed E-state index contributed by atoms with van der Waals surface area (Å²) in [7, 11) is 0. The van der Waals surface area contributed by atoms with Crippen LogP contribution in [0.1, 0.15) is 22.3 Å². The number of benzene rings is 4. The first-order valence-corrected chi connectivity index (χ1v) is 19.9. The highest BCUT2D eigenvalue weighted by Crippen LogP contribution is 2.46. The molecule has 0 fully saturated rings. The van der Waals surface area contributed by atoms with E-state index in [4.69, 9.17) is 32.4 Å². The average molecular weight is 1050 g/mol. The first kappa shape index (κ1) is 43.5. The number of aromatic hydroxyl groups is 2. The SMILES string of the molecule is NC(N)=Nc1cc2cc(c1O)Oc1c(Br)cc(cc1Br)CCNC(=O)/C(=N/O)Cc1cc(N=C(N)N)c(O)c(c1)Oc1c(Br)cc(cc1Br)C/C(=N\O)C(=O)NCC2. The average Bonchev–Trinajstić information content (AvgIpc) is 3.14. The summed E-state index contributed by atoms with van der Waals surface area (Å²) in [5.74, 6) is -2.47. The van der Waals surface area contributed by atoms with Gasteiger partial charge in [0.25, 0.3) is 11.8 Å². The molecule has 2 amide bonds. The summed E-state index contributed by atoms with van der Waals surface area (Å²) in [6.07, 6.45) is 0.196. The van der Waals surface area contributed by atoms with Gasteiger partial charge in [-0.25, -0.2) is 9.98 Å². The van der Waals surface area contributed by atoms with Crippen LogP contribution in [-0.4, -0.2) is 68.9 Å². The number of hydrogen-bond donors (Lipinski definition) is 10. The van der Waals surface area contributed by atoms with Gasteiger partial charge in [-0.05, 0) is 147 Å². The van der Waals surface area contributed by atoms with Gasteiger partial charge in [-0.15, -0.1) is 0 Å². The number of aliphatic imine (C=N–C) groups is 2. The predicted molar refractivity (Wildman–Crippen MR) is 230 cm³/mol. The number of nitrogens with one attached hydrogen (secondary N) is 2. The second-order valence-corrected chi connectivity index (χ2v) is 15.9. The van der Waals surface area contributed by atoms with E-state index in [0.29, 0.717) is 46.8 Å². The number of phenolic OH excluding ortho intramolecular Hbond substituents is 2. The minimum atomic E-state index is -0.680. The lowest BCUT2D eigenvalue weighted by Gasteiger charge is -2.16. The Hall–Kier alpha value is -5.58. The zero-order chi connectivity index (χ0) is 42.3. The molecular weight excluding hydrogens is 1020 g/mol. The number of halogens is 4. The maximum atomic E-state index is 13.2. The summed E-state index contributed by atoms with van der Waals surface area (Å²) in [6.45, 7) is 0.198. The molecular formula is C36H34Br4N10O8. The molecule has 8 bridgehead atoms. The van der Waals surface area contributed by atoms with Gasteiger partial charge < -0.3 is 63.7 Å². The van der Waals surface area contributed by atoms with E-state index in [2.05, 4.69) is 94.6 Å². The third-order valence-electron chi connectivity index (χ3n) is 8.18. The predicted octanol–water partition coefficient (Wildman–Crippen LogP) is 5.32. The first-order chi connectivity index (χ1) is 27.6. The number of guanidine groups is 2. The molecule has 0 aromatic heterocycles. The van der Waals surface area contributed by atoms with Crippen LogP contribution >= 0.6 is 63.7 Å². The number of phenols is 2. The number of carbonyl (C=O) groups is 2. The Morgan fingerprint density at radius 1 is 0.569 bits per heavy atom. The Kier molecular flexibility index (Phi) is 14.4. The van der Waals surface area contributed by atoms with Crippen molar-refractivity contribution >= 4 is 110 Å². The second-order valence-electron chi connectivity index (χ2n) is 12.4. The number of rotatable bonds is 2. The van der Waals surface area contributed by atoms with Crippen molar-refractivity contribution in [3.8, 4) is 34.5 Å². The molecule has 304 valence electrons. The van der Waals surface area contributed by atoms with Crippen LogP contribution in [0.15, 0.2) is 86.7 Å². The van der Waals surface area contributed by atoms with E-state index in [0.717, 1.165) is 5.56 Å². The summed E-state index contributed by atoms with van der Waals surface area (Å²) in [5, 5.41) is 53.7. The number of hydrogen-bond acceptors (Lipinski definition) is 12. The molecule has 4 heterocycles. The Bertz CT molecular complexity index is 2350. The van der Waals surface area contributed by atoms with Gasteiger partial charge in [0.15, 0.2) is 46.4 Å². The monoisotopic (exact) mass is 1050 g/mol. The van der Waals surface area contributed by atoms with Crippen LogP contribution in [0.25, 0.3) is 0 Å². The normalized spacial score (nSPS) is 15.4. The van der Waals surface area contributed by atoms with Crippen LogP contribution < -0.4 is 43.0 Å². The largest absolute Gasteiger partial charge is 0.503 e. The molecule has 58 heavy (non-hydrogen) atoms. The Labute approximate surface area is 363 Å². The third kappa shape index (κ3) is 10.9. The van der Waals surface area contributed by atoms with Crippen LogP contribution in [0, 0.1) is 0 Å². The van der Waals surface area contributed by atoms with Gasteiger partial charge in [0, 0.05) is 25.9 Å². The number of oxime groups is 2. The molecule has 0 atom stereocenters. The van der Waals surface area contributed by atoms with Crippen LogP contribution in [0.4, 0.5) is 11.4 Å². The van der Waals surface area contributed by atoms with E-state index >= 15 is 0 Å². The zero-order valence-corrected chi connectivity index (χ0v) is 36.2. The van der Waals surface area contributed by atoms with Crippen LogP contribution in [-0.2, 0) is 35.3 Å².